The van der Waals surface area contributed by atoms with E-state index in [-0.39, 0.29) is 11.6 Å². The van der Waals surface area contributed by atoms with Crippen molar-refractivity contribution in [2.24, 2.45) is 5.92 Å². The van der Waals surface area contributed by atoms with E-state index in [4.69, 9.17) is 16.3 Å². The van der Waals surface area contributed by atoms with Gasteiger partial charge in [-0.1, -0.05) is 53.4 Å². The smallest absolute Gasteiger partial charge is 0.0836 e. The monoisotopic (exact) mass is 373 g/mol. The van der Waals surface area contributed by atoms with Crippen LogP contribution in [0.3, 0.4) is 0 Å². The molecule has 2 rings (SSSR count). The van der Waals surface area contributed by atoms with Crippen LogP contribution in [0.2, 0.25) is 5.02 Å². The first-order valence-electron chi connectivity index (χ1n) is 7.67. The molecule has 1 N–H and O–H groups in total. The fourth-order valence-electron chi connectivity index (χ4n) is 3.65. The van der Waals surface area contributed by atoms with Gasteiger partial charge < -0.3 is 10.1 Å². The van der Waals surface area contributed by atoms with Crippen molar-refractivity contribution in [1.29, 1.82) is 0 Å². The van der Waals surface area contributed by atoms with Crippen molar-refractivity contribution in [3.63, 3.8) is 0 Å². The second-order valence-corrected chi connectivity index (χ2v) is 7.57. The highest BCUT2D eigenvalue weighted by Crippen LogP contribution is 2.38. The van der Waals surface area contributed by atoms with E-state index in [1.807, 2.05) is 20.2 Å². The van der Waals surface area contributed by atoms with Crippen molar-refractivity contribution < 1.29 is 4.74 Å². The Hall–Kier alpha value is -0.0900. The van der Waals surface area contributed by atoms with Crippen molar-refractivity contribution in [3.05, 3.63) is 33.3 Å². The van der Waals surface area contributed by atoms with Crippen LogP contribution in [-0.4, -0.2) is 25.8 Å². The lowest BCUT2D eigenvalue weighted by atomic mass is 9.73. The first-order chi connectivity index (χ1) is 10.0. The summed E-state index contributed by atoms with van der Waals surface area (Å²) in [5.74, 6) is 0.718. The maximum absolute atomic E-state index is 6.39. The Balaban J connectivity index is 2.21. The normalized spacial score (nSPS) is 27.6. The van der Waals surface area contributed by atoms with Crippen LogP contribution < -0.4 is 5.32 Å². The summed E-state index contributed by atoms with van der Waals surface area (Å²) in [5.41, 5.74) is 1.09. The Labute approximate surface area is 141 Å². The third-order valence-corrected chi connectivity index (χ3v) is 5.67. The van der Waals surface area contributed by atoms with Crippen LogP contribution in [0.15, 0.2) is 22.7 Å². The molecule has 21 heavy (non-hydrogen) atoms. The van der Waals surface area contributed by atoms with Crippen LogP contribution in [0.25, 0.3) is 0 Å². The van der Waals surface area contributed by atoms with E-state index in [0.717, 1.165) is 34.7 Å². The summed E-state index contributed by atoms with van der Waals surface area (Å²) in [7, 11) is 3.88. The lowest BCUT2D eigenvalue weighted by Crippen LogP contribution is -2.54. The standard InChI is InChI=1S/C17H25BrClNO/c1-12-5-4-8-17(11-12,21-3)16(20-2)9-13-6-7-14(18)10-15(13)19/h6-7,10,12,16,20H,4-5,8-9,11H2,1-3H3. The third-order valence-electron chi connectivity index (χ3n) is 4.82. The molecule has 0 aliphatic heterocycles. The molecule has 0 saturated heterocycles. The van der Waals surface area contributed by atoms with Gasteiger partial charge in [0.05, 0.1) is 5.60 Å². The zero-order valence-electron chi connectivity index (χ0n) is 13.1. The number of benzene rings is 1. The summed E-state index contributed by atoms with van der Waals surface area (Å²) in [4.78, 5) is 0. The van der Waals surface area contributed by atoms with Crippen molar-refractivity contribution >= 4 is 27.5 Å². The van der Waals surface area contributed by atoms with E-state index in [2.05, 4.69) is 40.3 Å². The molecule has 1 aliphatic rings. The number of hydrogen-bond donors (Lipinski definition) is 1. The molecule has 0 heterocycles. The second-order valence-electron chi connectivity index (χ2n) is 6.25. The third kappa shape index (κ3) is 4.01. The molecule has 0 amide bonds. The van der Waals surface area contributed by atoms with Gasteiger partial charge >= 0.3 is 0 Å². The van der Waals surface area contributed by atoms with Crippen molar-refractivity contribution in [3.8, 4) is 0 Å². The first kappa shape index (κ1) is 17.3. The lowest BCUT2D eigenvalue weighted by molar-refractivity contribution is -0.0775. The molecule has 3 unspecified atom stereocenters. The van der Waals surface area contributed by atoms with Gasteiger partial charge in [0.2, 0.25) is 0 Å². The summed E-state index contributed by atoms with van der Waals surface area (Å²) in [5, 5.41) is 4.30. The van der Waals surface area contributed by atoms with E-state index >= 15 is 0 Å². The molecule has 0 radical (unpaired) electrons. The number of hydrogen-bond acceptors (Lipinski definition) is 2. The van der Waals surface area contributed by atoms with Gasteiger partial charge in [0.15, 0.2) is 0 Å². The number of likely N-dealkylation sites (N-methyl/N-ethyl adjacent to an activating group) is 1. The van der Waals surface area contributed by atoms with Gasteiger partial charge in [-0.05, 0) is 49.9 Å². The summed E-state index contributed by atoms with van der Waals surface area (Å²) in [6.07, 6.45) is 5.67. The SMILES string of the molecule is CNC(Cc1ccc(Br)cc1Cl)C1(OC)CCCC(C)C1. The molecular formula is C17H25BrClNO. The fourth-order valence-corrected chi connectivity index (χ4v) is 4.40. The Morgan fingerprint density at radius 2 is 2.29 bits per heavy atom. The van der Waals surface area contributed by atoms with E-state index in [0.29, 0.717) is 0 Å². The first-order valence-corrected chi connectivity index (χ1v) is 8.84. The zero-order chi connectivity index (χ0) is 15.5. The van der Waals surface area contributed by atoms with Gasteiger partial charge in [-0.15, -0.1) is 0 Å². The number of rotatable bonds is 5. The quantitative estimate of drug-likeness (QED) is 0.797. The molecule has 1 saturated carbocycles. The molecule has 1 aliphatic carbocycles. The minimum atomic E-state index is -0.0805. The average Bonchev–Trinajstić information content (AvgIpc) is 2.46. The summed E-state index contributed by atoms with van der Waals surface area (Å²) < 4.78 is 7.04. The summed E-state index contributed by atoms with van der Waals surface area (Å²) in [6, 6.07) is 6.40. The Morgan fingerprint density at radius 1 is 1.52 bits per heavy atom. The van der Waals surface area contributed by atoms with Gasteiger partial charge in [0.25, 0.3) is 0 Å². The van der Waals surface area contributed by atoms with Crippen molar-refractivity contribution in [2.75, 3.05) is 14.2 Å². The maximum atomic E-state index is 6.39. The largest absolute Gasteiger partial charge is 0.377 e. The van der Waals surface area contributed by atoms with Gasteiger partial charge in [0, 0.05) is 22.6 Å². The molecule has 4 heteroatoms. The number of methoxy groups -OCH3 is 1. The summed E-state index contributed by atoms with van der Waals surface area (Å²) in [6.45, 7) is 2.33. The number of halogens is 2. The summed E-state index contributed by atoms with van der Waals surface area (Å²) >= 11 is 9.85. The van der Waals surface area contributed by atoms with Crippen molar-refractivity contribution in [1.82, 2.24) is 5.32 Å². The van der Waals surface area contributed by atoms with E-state index in [9.17, 15) is 0 Å². The van der Waals surface area contributed by atoms with Gasteiger partial charge in [-0.2, -0.15) is 0 Å². The molecule has 0 spiro atoms. The predicted molar refractivity (Wildman–Crippen MR) is 93.1 cm³/mol. The topological polar surface area (TPSA) is 21.3 Å². The molecule has 3 atom stereocenters. The second kappa shape index (κ2) is 7.45. The number of nitrogens with one attached hydrogen (secondary N) is 1. The highest BCUT2D eigenvalue weighted by atomic mass is 79.9. The van der Waals surface area contributed by atoms with Crippen LogP contribution in [0, 0.1) is 5.92 Å². The highest BCUT2D eigenvalue weighted by Gasteiger charge is 2.41. The Bertz CT molecular complexity index is 482. The molecule has 1 aromatic rings. The van der Waals surface area contributed by atoms with E-state index in [1.165, 1.54) is 18.4 Å². The van der Waals surface area contributed by atoms with Crippen LogP contribution in [0.5, 0.6) is 0 Å². The van der Waals surface area contributed by atoms with Crippen molar-refractivity contribution in [2.45, 2.75) is 50.7 Å². The Kier molecular flexibility index (Phi) is 6.13. The molecule has 1 aromatic carbocycles. The van der Waals surface area contributed by atoms with Gasteiger partial charge in [0.1, 0.15) is 0 Å². The van der Waals surface area contributed by atoms with E-state index < -0.39 is 0 Å². The van der Waals surface area contributed by atoms with E-state index in [1.54, 1.807) is 0 Å². The highest BCUT2D eigenvalue weighted by molar-refractivity contribution is 9.10. The molecule has 1 fully saturated rings. The van der Waals surface area contributed by atoms with Gasteiger partial charge in [-0.25, -0.2) is 0 Å². The maximum Gasteiger partial charge on any atom is 0.0836 e. The van der Waals surface area contributed by atoms with Crippen LogP contribution in [0.1, 0.15) is 38.2 Å². The lowest BCUT2D eigenvalue weighted by Gasteiger charge is -2.44. The molecule has 0 aromatic heterocycles. The molecule has 2 nitrogen and oxygen atoms in total. The van der Waals surface area contributed by atoms with Crippen LogP contribution in [0.4, 0.5) is 0 Å². The molecule has 0 bridgehead atoms. The number of ether oxygens (including phenoxy) is 1. The average molecular weight is 375 g/mol. The molecular weight excluding hydrogens is 350 g/mol. The van der Waals surface area contributed by atoms with Crippen LogP contribution in [-0.2, 0) is 11.2 Å². The minimum absolute atomic E-state index is 0.0805. The fraction of sp³-hybridized carbons (Fsp3) is 0.647. The predicted octanol–water partition coefficient (Wildman–Crippen LogP) is 4.83. The van der Waals surface area contributed by atoms with Crippen LogP contribution >= 0.6 is 27.5 Å². The van der Waals surface area contributed by atoms with Gasteiger partial charge in [-0.3, -0.25) is 0 Å². The molecule has 118 valence electrons. The zero-order valence-corrected chi connectivity index (χ0v) is 15.4. The Morgan fingerprint density at radius 3 is 2.86 bits per heavy atom. The minimum Gasteiger partial charge on any atom is -0.377 e.